The molecular weight excluding hydrogens is 514 g/mol. The lowest BCUT2D eigenvalue weighted by molar-refractivity contribution is -0.140. The number of amides is 1. The maximum absolute atomic E-state index is 12.9. The summed E-state index contributed by atoms with van der Waals surface area (Å²) in [4.78, 5) is 29.0. The Morgan fingerprint density at radius 3 is 2.28 bits per heavy atom. The van der Waals surface area contributed by atoms with Gasteiger partial charge >= 0.3 is 12.1 Å². The van der Waals surface area contributed by atoms with Gasteiger partial charge in [-0.15, -0.1) is 0 Å². The Morgan fingerprint density at radius 2 is 1.64 bits per heavy atom. The molecule has 1 aliphatic heterocycles. The number of alkyl carbamates (subject to hydrolysis) is 1. The molecule has 39 heavy (non-hydrogen) atoms. The van der Waals surface area contributed by atoms with Crippen molar-refractivity contribution in [1.29, 1.82) is 0 Å². The number of carbonyl (C=O) groups is 2. The lowest BCUT2D eigenvalue weighted by Gasteiger charge is -2.17. The first kappa shape index (κ1) is 24.9. The zero-order valence-corrected chi connectivity index (χ0v) is 22.0. The minimum Gasteiger partial charge on any atom is -0.481 e. The predicted octanol–water partition coefficient (Wildman–Crippen LogP) is 6.69. The van der Waals surface area contributed by atoms with Crippen molar-refractivity contribution in [2.45, 2.75) is 37.7 Å². The number of aliphatic carboxylic acids is 1. The van der Waals surface area contributed by atoms with Gasteiger partial charge in [-0.05, 0) is 48.1 Å². The molecule has 1 amide bonds. The van der Waals surface area contributed by atoms with Crippen LogP contribution in [-0.4, -0.2) is 26.7 Å². The normalized spacial score (nSPS) is 15.9. The van der Waals surface area contributed by atoms with E-state index in [0.29, 0.717) is 30.1 Å². The van der Waals surface area contributed by atoms with Crippen LogP contribution >= 0.6 is 11.6 Å². The Hall–Kier alpha value is -4.36. The highest BCUT2D eigenvalue weighted by Crippen LogP contribution is 2.48. The average molecular weight is 540 g/mol. The van der Waals surface area contributed by atoms with Crippen LogP contribution < -0.4 is 5.32 Å². The van der Waals surface area contributed by atoms with Crippen molar-refractivity contribution in [2.24, 2.45) is 0 Å². The van der Waals surface area contributed by atoms with Gasteiger partial charge < -0.3 is 9.84 Å². The van der Waals surface area contributed by atoms with Crippen molar-refractivity contribution in [1.82, 2.24) is 14.9 Å². The van der Waals surface area contributed by atoms with Crippen LogP contribution in [0.25, 0.3) is 22.5 Å². The van der Waals surface area contributed by atoms with E-state index in [1.54, 1.807) is 19.2 Å². The monoisotopic (exact) mass is 539 g/mol. The first-order valence-corrected chi connectivity index (χ1v) is 13.2. The van der Waals surface area contributed by atoms with Gasteiger partial charge in [-0.2, -0.15) is 0 Å². The van der Waals surface area contributed by atoms with Gasteiger partial charge in [0.25, 0.3) is 0 Å². The summed E-state index contributed by atoms with van der Waals surface area (Å²) >= 11 is 6.27. The number of carboxylic acids is 1. The van der Waals surface area contributed by atoms with Crippen LogP contribution in [0.5, 0.6) is 0 Å². The van der Waals surface area contributed by atoms with Crippen molar-refractivity contribution < 1.29 is 19.4 Å². The molecule has 1 saturated carbocycles. The van der Waals surface area contributed by atoms with Crippen molar-refractivity contribution in [2.75, 3.05) is 0 Å². The van der Waals surface area contributed by atoms with Crippen LogP contribution in [0.4, 0.5) is 4.79 Å². The molecule has 8 heteroatoms. The molecule has 2 aliphatic rings. The van der Waals surface area contributed by atoms with Crippen molar-refractivity contribution in [3.8, 4) is 11.1 Å². The van der Waals surface area contributed by atoms with Crippen LogP contribution in [0.2, 0.25) is 5.02 Å². The number of imidazole rings is 1. The summed E-state index contributed by atoms with van der Waals surface area (Å²) in [5.74, 6) is 0.682. The van der Waals surface area contributed by atoms with Crippen LogP contribution in [0.15, 0.2) is 85.2 Å². The summed E-state index contributed by atoms with van der Waals surface area (Å²) in [6.07, 6.45) is 4.35. The van der Waals surface area contributed by atoms with E-state index >= 15 is 0 Å². The summed E-state index contributed by atoms with van der Waals surface area (Å²) in [6.45, 7) is 1.78. The number of allylic oxidation sites excluding steroid dienone is 1. The summed E-state index contributed by atoms with van der Waals surface area (Å²) in [6, 6.07) is 23.1. The van der Waals surface area contributed by atoms with Crippen LogP contribution in [0.3, 0.4) is 0 Å². The second kappa shape index (κ2) is 9.75. The molecule has 196 valence electrons. The molecule has 4 aromatic rings. The molecule has 0 saturated heterocycles. The minimum absolute atomic E-state index is 0.526. The summed E-state index contributed by atoms with van der Waals surface area (Å²) in [5.41, 5.74) is 4.79. The first-order valence-electron chi connectivity index (χ1n) is 12.8. The Balaban J connectivity index is 1.22. The van der Waals surface area contributed by atoms with Gasteiger partial charge in [-0.3, -0.25) is 14.7 Å². The molecule has 0 bridgehead atoms. The number of carbonyl (C=O) groups excluding carboxylic acids is 1. The standard InChI is InChI=1S/C31H26ClN3O4/c1-19(24-4-2-3-5-26(24)32)39-30(38)34-28-25(18-27-33-16-17-35(27)28)22-8-6-20(7-9-22)21-10-12-23(13-11-21)31(14-15-31)29(36)37/h2-13,16-17,19H,14-15,18H2,1H3,(H,34,38)(H,36,37). The molecule has 3 aromatic carbocycles. The van der Waals surface area contributed by atoms with E-state index in [9.17, 15) is 14.7 Å². The molecule has 2 heterocycles. The summed E-state index contributed by atoms with van der Waals surface area (Å²) < 4.78 is 7.51. The Labute approximate surface area is 230 Å². The van der Waals surface area contributed by atoms with Gasteiger partial charge in [0.05, 0.1) is 5.41 Å². The largest absolute Gasteiger partial charge is 0.481 e. The van der Waals surface area contributed by atoms with E-state index in [0.717, 1.165) is 39.2 Å². The third-order valence-electron chi connectivity index (χ3n) is 7.59. The maximum atomic E-state index is 12.9. The maximum Gasteiger partial charge on any atom is 0.413 e. The molecule has 1 fully saturated rings. The molecule has 1 atom stereocenters. The minimum atomic E-state index is -0.754. The van der Waals surface area contributed by atoms with Crippen LogP contribution in [-0.2, 0) is 21.4 Å². The van der Waals surface area contributed by atoms with E-state index in [2.05, 4.69) is 10.3 Å². The van der Waals surface area contributed by atoms with E-state index < -0.39 is 23.6 Å². The molecule has 0 spiro atoms. The van der Waals surface area contributed by atoms with Gasteiger partial charge in [0.15, 0.2) is 0 Å². The number of nitrogens with one attached hydrogen (secondary N) is 1. The number of fused-ring (bicyclic) bond motifs is 1. The van der Waals surface area contributed by atoms with Gasteiger partial charge in [-0.25, -0.2) is 9.78 Å². The van der Waals surface area contributed by atoms with Gasteiger partial charge in [0, 0.05) is 35.0 Å². The molecule has 2 N–H and O–H groups in total. The quantitative estimate of drug-likeness (QED) is 0.273. The number of rotatable bonds is 7. The number of ether oxygens (including phenoxy) is 1. The van der Waals surface area contributed by atoms with Crippen molar-refractivity contribution >= 4 is 35.1 Å². The number of benzene rings is 3. The smallest absolute Gasteiger partial charge is 0.413 e. The number of carboxylic acid groups (broad SMARTS) is 1. The number of aromatic nitrogens is 2. The average Bonchev–Trinajstić information content (AvgIpc) is 3.52. The SMILES string of the molecule is CC(OC(=O)NC1=C(c2ccc(-c3ccc(C4(C(=O)O)CC4)cc3)cc2)Cc2nccn21)c1ccccc1Cl. The van der Waals surface area contributed by atoms with Crippen molar-refractivity contribution in [3.05, 3.63) is 113 Å². The molecule has 6 rings (SSSR count). The van der Waals surface area contributed by atoms with E-state index in [-0.39, 0.29) is 0 Å². The second-order valence-corrected chi connectivity index (χ2v) is 10.4. The Bertz CT molecular complexity index is 1600. The van der Waals surface area contributed by atoms with Gasteiger partial charge in [-0.1, -0.05) is 78.3 Å². The van der Waals surface area contributed by atoms with Gasteiger partial charge in [0.1, 0.15) is 17.7 Å². The van der Waals surface area contributed by atoms with Crippen molar-refractivity contribution in [3.63, 3.8) is 0 Å². The molecule has 1 unspecified atom stereocenters. The zero-order valence-electron chi connectivity index (χ0n) is 21.2. The molecule has 1 aliphatic carbocycles. The fourth-order valence-electron chi connectivity index (χ4n) is 5.18. The third-order valence-corrected chi connectivity index (χ3v) is 7.93. The third kappa shape index (κ3) is 4.59. The number of hydrogen-bond acceptors (Lipinski definition) is 4. The molecule has 1 aromatic heterocycles. The van der Waals surface area contributed by atoms with E-state index in [1.165, 1.54) is 0 Å². The molecule has 7 nitrogen and oxygen atoms in total. The summed E-state index contributed by atoms with van der Waals surface area (Å²) in [7, 11) is 0. The van der Waals surface area contributed by atoms with E-state index in [4.69, 9.17) is 16.3 Å². The first-order chi connectivity index (χ1) is 18.9. The highest BCUT2D eigenvalue weighted by molar-refractivity contribution is 6.31. The Kier molecular flexibility index (Phi) is 6.23. The Morgan fingerprint density at radius 1 is 1.00 bits per heavy atom. The lowest BCUT2D eigenvalue weighted by Crippen LogP contribution is -2.26. The fourth-order valence-corrected chi connectivity index (χ4v) is 5.47. The number of halogens is 1. The zero-order chi connectivity index (χ0) is 27.1. The topological polar surface area (TPSA) is 93.4 Å². The molecule has 0 radical (unpaired) electrons. The number of hydrogen-bond donors (Lipinski definition) is 2. The number of nitrogens with zero attached hydrogens (tertiary/aromatic N) is 2. The lowest BCUT2D eigenvalue weighted by atomic mass is 9.93. The van der Waals surface area contributed by atoms with E-state index in [1.807, 2.05) is 77.5 Å². The fraction of sp³-hybridized carbons (Fsp3) is 0.194. The highest BCUT2D eigenvalue weighted by Gasteiger charge is 2.51. The summed E-state index contributed by atoms with van der Waals surface area (Å²) in [5, 5.41) is 13.0. The molecular formula is C31H26ClN3O4. The van der Waals surface area contributed by atoms with Crippen LogP contribution in [0, 0.1) is 0 Å². The predicted molar refractivity (Wildman–Crippen MR) is 149 cm³/mol. The second-order valence-electron chi connectivity index (χ2n) is 9.95. The highest BCUT2D eigenvalue weighted by atomic mass is 35.5. The van der Waals surface area contributed by atoms with Gasteiger partial charge in [0.2, 0.25) is 0 Å². The van der Waals surface area contributed by atoms with Crippen LogP contribution in [0.1, 0.15) is 48.4 Å².